The molecule has 9 heteroatoms. The monoisotopic (exact) mass is 362 g/mol. The van der Waals surface area contributed by atoms with E-state index in [-0.39, 0.29) is 30.9 Å². The number of para-hydroxylation sites is 2. The van der Waals surface area contributed by atoms with E-state index in [0.717, 1.165) is 0 Å². The standard InChI is InChI=1S/C17H22N4O5/c1-12(22)18-19-16(23)10-20-6-8-21(9-7-20)17(24)15-11-25-13-4-2-3-5-14(13)26-15/h2-5,15H,6-11H2,1H3,(H,18,22)(H,19,23)/t15-/m0/s1. The van der Waals surface area contributed by atoms with Crippen LogP contribution in [0.1, 0.15) is 6.92 Å². The van der Waals surface area contributed by atoms with Crippen LogP contribution in [0, 0.1) is 0 Å². The number of amides is 3. The highest BCUT2D eigenvalue weighted by molar-refractivity contribution is 5.83. The van der Waals surface area contributed by atoms with Gasteiger partial charge in [-0.25, -0.2) is 0 Å². The first-order chi connectivity index (χ1) is 12.5. The summed E-state index contributed by atoms with van der Waals surface area (Å²) >= 11 is 0. The maximum absolute atomic E-state index is 12.6. The van der Waals surface area contributed by atoms with Crippen molar-refractivity contribution < 1.29 is 23.9 Å². The summed E-state index contributed by atoms with van der Waals surface area (Å²) in [6, 6.07) is 7.27. The highest BCUT2D eigenvalue weighted by Gasteiger charge is 2.32. The molecule has 3 amide bonds. The number of nitrogens with zero attached hydrogens (tertiary/aromatic N) is 2. The van der Waals surface area contributed by atoms with Crippen molar-refractivity contribution in [3.63, 3.8) is 0 Å². The third kappa shape index (κ3) is 4.42. The predicted octanol–water partition coefficient (Wildman–Crippen LogP) is -0.862. The van der Waals surface area contributed by atoms with Gasteiger partial charge in [0.15, 0.2) is 11.5 Å². The normalized spacial score (nSPS) is 19.6. The van der Waals surface area contributed by atoms with Gasteiger partial charge in [0.05, 0.1) is 6.54 Å². The Hall–Kier alpha value is -2.81. The van der Waals surface area contributed by atoms with Crippen LogP contribution in [0.15, 0.2) is 24.3 Å². The van der Waals surface area contributed by atoms with Crippen molar-refractivity contribution in [2.24, 2.45) is 0 Å². The van der Waals surface area contributed by atoms with Gasteiger partial charge in [0.1, 0.15) is 6.61 Å². The Morgan fingerprint density at radius 3 is 2.46 bits per heavy atom. The summed E-state index contributed by atoms with van der Waals surface area (Å²) < 4.78 is 11.4. The van der Waals surface area contributed by atoms with Crippen molar-refractivity contribution in [1.82, 2.24) is 20.7 Å². The molecule has 0 aromatic heterocycles. The zero-order valence-corrected chi connectivity index (χ0v) is 14.6. The van der Waals surface area contributed by atoms with Gasteiger partial charge in [-0.1, -0.05) is 12.1 Å². The number of piperazine rings is 1. The second-order valence-electron chi connectivity index (χ2n) is 6.20. The van der Waals surface area contributed by atoms with Crippen LogP contribution in [0.3, 0.4) is 0 Å². The molecular formula is C17H22N4O5. The molecule has 2 N–H and O–H groups in total. The maximum atomic E-state index is 12.6. The molecular weight excluding hydrogens is 340 g/mol. The molecule has 1 aromatic rings. The van der Waals surface area contributed by atoms with Gasteiger partial charge in [-0.3, -0.25) is 30.1 Å². The van der Waals surface area contributed by atoms with Gasteiger partial charge in [-0.05, 0) is 12.1 Å². The van der Waals surface area contributed by atoms with E-state index >= 15 is 0 Å². The number of fused-ring (bicyclic) bond motifs is 1. The fraction of sp³-hybridized carbons (Fsp3) is 0.471. The van der Waals surface area contributed by atoms with Crippen molar-refractivity contribution >= 4 is 17.7 Å². The molecule has 0 spiro atoms. The largest absolute Gasteiger partial charge is 0.485 e. The lowest BCUT2D eigenvalue weighted by Crippen LogP contribution is -2.55. The number of hydrogen-bond acceptors (Lipinski definition) is 6. The molecule has 1 saturated heterocycles. The average molecular weight is 362 g/mol. The number of rotatable bonds is 3. The quantitative estimate of drug-likeness (QED) is 0.679. The lowest BCUT2D eigenvalue weighted by Gasteiger charge is -2.36. The zero-order valence-electron chi connectivity index (χ0n) is 14.6. The number of carbonyl (C=O) groups excluding carboxylic acids is 3. The first-order valence-electron chi connectivity index (χ1n) is 8.48. The molecule has 2 aliphatic rings. The summed E-state index contributed by atoms with van der Waals surface area (Å²) in [7, 11) is 0. The van der Waals surface area contributed by atoms with Crippen molar-refractivity contribution in [2.45, 2.75) is 13.0 Å². The van der Waals surface area contributed by atoms with E-state index < -0.39 is 6.10 Å². The van der Waals surface area contributed by atoms with Gasteiger partial charge < -0.3 is 14.4 Å². The molecule has 2 heterocycles. The van der Waals surface area contributed by atoms with Gasteiger partial charge in [-0.15, -0.1) is 0 Å². The summed E-state index contributed by atoms with van der Waals surface area (Å²) in [4.78, 5) is 38.8. The zero-order chi connectivity index (χ0) is 18.5. The van der Waals surface area contributed by atoms with Crippen molar-refractivity contribution in [1.29, 1.82) is 0 Å². The molecule has 0 aliphatic carbocycles. The Morgan fingerprint density at radius 1 is 1.08 bits per heavy atom. The molecule has 1 aromatic carbocycles. The van der Waals surface area contributed by atoms with Crippen LogP contribution in [-0.4, -0.2) is 73.0 Å². The molecule has 0 saturated carbocycles. The van der Waals surface area contributed by atoms with Crippen LogP contribution in [-0.2, 0) is 14.4 Å². The first kappa shape index (κ1) is 18.0. The van der Waals surface area contributed by atoms with Crippen molar-refractivity contribution in [3.05, 3.63) is 24.3 Å². The Balaban J connectivity index is 1.45. The molecule has 0 bridgehead atoms. The van der Waals surface area contributed by atoms with Gasteiger partial charge in [0.2, 0.25) is 12.0 Å². The smallest absolute Gasteiger partial charge is 0.267 e. The minimum atomic E-state index is -0.653. The minimum absolute atomic E-state index is 0.109. The lowest BCUT2D eigenvalue weighted by atomic mass is 10.2. The summed E-state index contributed by atoms with van der Waals surface area (Å²) in [5, 5.41) is 0. The highest BCUT2D eigenvalue weighted by Crippen LogP contribution is 2.31. The Morgan fingerprint density at radius 2 is 1.77 bits per heavy atom. The van der Waals surface area contributed by atoms with E-state index in [1.807, 2.05) is 17.0 Å². The number of carbonyl (C=O) groups is 3. The summed E-state index contributed by atoms with van der Waals surface area (Å²) in [5.74, 6) is 0.490. The van der Waals surface area contributed by atoms with Crippen LogP contribution in [0.4, 0.5) is 0 Å². The molecule has 3 rings (SSSR count). The van der Waals surface area contributed by atoms with Crippen molar-refractivity contribution in [3.8, 4) is 11.5 Å². The van der Waals surface area contributed by atoms with Crippen molar-refractivity contribution in [2.75, 3.05) is 39.3 Å². The van der Waals surface area contributed by atoms with E-state index in [2.05, 4.69) is 10.9 Å². The Labute approximate surface area is 151 Å². The van der Waals surface area contributed by atoms with E-state index in [4.69, 9.17) is 9.47 Å². The molecule has 140 valence electrons. The number of benzene rings is 1. The molecule has 26 heavy (non-hydrogen) atoms. The number of hydrazine groups is 1. The van der Waals surface area contributed by atoms with Gasteiger partial charge in [0.25, 0.3) is 11.8 Å². The Bertz CT molecular complexity index is 687. The van der Waals surface area contributed by atoms with E-state index in [0.29, 0.717) is 37.7 Å². The molecule has 1 fully saturated rings. The minimum Gasteiger partial charge on any atom is -0.485 e. The van der Waals surface area contributed by atoms with E-state index in [9.17, 15) is 14.4 Å². The average Bonchev–Trinajstić information content (AvgIpc) is 2.66. The summed E-state index contributed by atoms with van der Waals surface area (Å²) in [6.07, 6.45) is -0.653. The maximum Gasteiger partial charge on any atom is 0.267 e. The summed E-state index contributed by atoms with van der Waals surface area (Å²) in [6.45, 7) is 3.84. The second-order valence-corrected chi connectivity index (χ2v) is 6.20. The molecule has 2 aliphatic heterocycles. The van der Waals surface area contributed by atoms with Crippen LogP contribution in [0.5, 0.6) is 11.5 Å². The third-order valence-electron chi connectivity index (χ3n) is 4.21. The third-order valence-corrected chi connectivity index (χ3v) is 4.21. The fourth-order valence-electron chi connectivity index (χ4n) is 2.87. The molecule has 0 radical (unpaired) electrons. The van der Waals surface area contributed by atoms with Crippen LogP contribution >= 0.6 is 0 Å². The Kier molecular flexibility index (Phi) is 5.57. The van der Waals surface area contributed by atoms with E-state index in [1.54, 1.807) is 17.0 Å². The van der Waals surface area contributed by atoms with Crippen LogP contribution in [0.2, 0.25) is 0 Å². The number of ether oxygens (including phenoxy) is 2. The molecule has 0 unspecified atom stereocenters. The molecule has 1 atom stereocenters. The van der Waals surface area contributed by atoms with Crippen LogP contribution in [0.25, 0.3) is 0 Å². The predicted molar refractivity (Wildman–Crippen MR) is 91.3 cm³/mol. The SMILES string of the molecule is CC(=O)NNC(=O)CN1CCN(C(=O)[C@@H]2COc3ccccc3O2)CC1. The van der Waals surface area contributed by atoms with E-state index in [1.165, 1.54) is 6.92 Å². The summed E-state index contributed by atoms with van der Waals surface area (Å²) in [5.41, 5.74) is 4.58. The molecule has 9 nitrogen and oxygen atoms in total. The lowest BCUT2D eigenvalue weighted by molar-refractivity contribution is -0.143. The second kappa shape index (κ2) is 8.05. The van der Waals surface area contributed by atoms with Gasteiger partial charge >= 0.3 is 0 Å². The fourth-order valence-corrected chi connectivity index (χ4v) is 2.87. The number of hydrogen-bond donors (Lipinski definition) is 2. The first-order valence-corrected chi connectivity index (χ1v) is 8.48. The van der Waals surface area contributed by atoms with Gasteiger partial charge in [-0.2, -0.15) is 0 Å². The number of nitrogens with one attached hydrogen (secondary N) is 2. The van der Waals surface area contributed by atoms with Crippen LogP contribution < -0.4 is 20.3 Å². The van der Waals surface area contributed by atoms with Gasteiger partial charge in [0, 0.05) is 33.1 Å². The highest BCUT2D eigenvalue weighted by atomic mass is 16.6. The topological polar surface area (TPSA) is 100 Å².